The van der Waals surface area contributed by atoms with Crippen LogP contribution in [0.5, 0.6) is 0 Å². The highest BCUT2D eigenvalue weighted by Crippen LogP contribution is 2.06. The van der Waals surface area contributed by atoms with Gasteiger partial charge in [-0.25, -0.2) is 0 Å². The van der Waals surface area contributed by atoms with Crippen LogP contribution in [-0.2, 0) is 9.53 Å². The Labute approximate surface area is 100 Å². The number of esters is 1. The Morgan fingerprint density at radius 3 is 2.12 bits per heavy atom. The minimum Gasteiger partial charge on any atom is -0.469 e. The van der Waals surface area contributed by atoms with Crippen LogP contribution in [0.2, 0.25) is 0 Å². The maximum atomic E-state index is 10.8. The molecule has 0 aromatic carbocycles. The van der Waals surface area contributed by atoms with Crippen LogP contribution in [0.1, 0.15) is 52.4 Å². The van der Waals surface area contributed by atoms with Gasteiger partial charge in [0.05, 0.1) is 7.11 Å². The van der Waals surface area contributed by atoms with Gasteiger partial charge in [0, 0.05) is 6.42 Å². The number of carbonyl (C=O) groups excluding carboxylic acids is 1. The van der Waals surface area contributed by atoms with E-state index in [1.165, 1.54) is 32.9 Å². The molecule has 3 nitrogen and oxygen atoms in total. The van der Waals surface area contributed by atoms with E-state index in [9.17, 15) is 4.79 Å². The lowest BCUT2D eigenvalue weighted by atomic mass is 10.1. The fraction of sp³-hybridized carbons (Fsp3) is 0.923. The number of ether oxygens (including phenoxy) is 1. The molecule has 0 unspecified atom stereocenters. The van der Waals surface area contributed by atoms with Crippen LogP contribution >= 0.6 is 0 Å². The Bertz CT molecular complexity index is 167. The Kier molecular flexibility index (Phi) is 10.5. The molecular formula is C13H27NO2. The van der Waals surface area contributed by atoms with Crippen molar-refractivity contribution >= 4 is 5.97 Å². The number of hydrogen-bond acceptors (Lipinski definition) is 3. The Hall–Kier alpha value is -0.570. The monoisotopic (exact) mass is 229 g/mol. The van der Waals surface area contributed by atoms with E-state index < -0.39 is 0 Å². The highest BCUT2D eigenvalue weighted by Gasteiger charge is 2.00. The molecule has 0 saturated heterocycles. The molecule has 96 valence electrons. The lowest BCUT2D eigenvalue weighted by Gasteiger charge is -2.17. The molecule has 3 heteroatoms. The molecule has 0 N–H and O–H groups in total. The summed E-state index contributed by atoms with van der Waals surface area (Å²) in [5, 5.41) is 0. The molecule has 0 fully saturated rings. The number of nitrogens with zero attached hydrogens (tertiary/aromatic N) is 1. The van der Waals surface area contributed by atoms with Crippen LogP contribution in [0.4, 0.5) is 0 Å². The van der Waals surface area contributed by atoms with Gasteiger partial charge in [-0.15, -0.1) is 0 Å². The van der Waals surface area contributed by atoms with Crippen molar-refractivity contribution in [3.8, 4) is 0 Å². The molecule has 0 aliphatic rings. The van der Waals surface area contributed by atoms with Crippen molar-refractivity contribution < 1.29 is 9.53 Å². The highest BCUT2D eigenvalue weighted by atomic mass is 16.5. The van der Waals surface area contributed by atoms with Crippen molar-refractivity contribution in [2.24, 2.45) is 0 Å². The van der Waals surface area contributed by atoms with E-state index in [2.05, 4.69) is 23.5 Å². The molecule has 0 atom stereocenters. The van der Waals surface area contributed by atoms with Crippen LogP contribution in [0.3, 0.4) is 0 Å². The summed E-state index contributed by atoms with van der Waals surface area (Å²) in [6.07, 6.45) is 6.48. The van der Waals surface area contributed by atoms with E-state index in [1.54, 1.807) is 0 Å². The van der Waals surface area contributed by atoms with Crippen LogP contribution < -0.4 is 0 Å². The van der Waals surface area contributed by atoms with E-state index >= 15 is 0 Å². The van der Waals surface area contributed by atoms with Crippen molar-refractivity contribution in [3.05, 3.63) is 0 Å². The molecule has 0 aromatic rings. The summed E-state index contributed by atoms with van der Waals surface area (Å²) >= 11 is 0. The zero-order chi connectivity index (χ0) is 12.2. The molecule has 0 aromatic heterocycles. The van der Waals surface area contributed by atoms with E-state index in [0.717, 1.165) is 25.9 Å². The number of hydrogen-bond donors (Lipinski definition) is 0. The molecular weight excluding hydrogens is 202 g/mol. The molecule has 0 heterocycles. The Morgan fingerprint density at radius 2 is 1.56 bits per heavy atom. The maximum absolute atomic E-state index is 10.8. The summed E-state index contributed by atoms with van der Waals surface area (Å²) in [4.78, 5) is 13.3. The van der Waals surface area contributed by atoms with Crippen molar-refractivity contribution in [3.63, 3.8) is 0 Å². The third-order valence-corrected chi connectivity index (χ3v) is 2.98. The molecule has 0 saturated carbocycles. The third kappa shape index (κ3) is 8.72. The SMILES string of the molecule is CCN(CC)CCCCCCCC(=O)OC. The zero-order valence-electron chi connectivity index (χ0n) is 11.1. The van der Waals surface area contributed by atoms with Crippen molar-refractivity contribution in [1.29, 1.82) is 0 Å². The van der Waals surface area contributed by atoms with Gasteiger partial charge in [-0.05, 0) is 32.5 Å². The summed E-state index contributed by atoms with van der Waals surface area (Å²) in [7, 11) is 1.45. The summed E-state index contributed by atoms with van der Waals surface area (Å²) in [6.45, 7) is 7.93. The molecule has 0 spiro atoms. The average molecular weight is 229 g/mol. The molecule has 0 rings (SSSR count). The largest absolute Gasteiger partial charge is 0.469 e. The predicted molar refractivity (Wildman–Crippen MR) is 67.5 cm³/mol. The van der Waals surface area contributed by atoms with E-state index in [-0.39, 0.29) is 5.97 Å². The van der Waals surface area contributed by atoms with Crippen LogP contribution in [0, 0.1) is 0 Å². The first-order valence-electron chi connectivity index (χ1n) is 6.53. The molecule has 0 amide bonds. The number of methoxy groups -OCH3 is 1. The second-order valence-corrected chi connectivity index (χ2v) is 4.12. The van der Waals surface area contributed by atoms with Crippen LogP contribution in [-0.4, -0.2) is 37.6 Å². The fourth-order valence-electron chi connectivity index (χ4n) is 1.78. The summed E-state index contributed by atoms with van der Waals surface area (Å²) in [6, 6.07) is 0. The standard InChI is InChI=1S/C13H27NO2/c1-4-14(5-2)12-10-8-6-7-9-11-13(15)16-3/h4-12H2,1-3H3. The highest BCUT2D eigenvalue weighted by molar-refractivity contribution is 5.68. The van der Waals surface area contributed by atoms with Gasteiger partial charge in [-0.1, -0.05) is 33.1 Å². The normalized spacial score (nSPS) is 10.8. The Balaban J connectivity index is 3.18. The quantitative estimate of drug-likeness (QED) is 0.426. The number of carbonyl (C=O) groups is 1. The molecule has 0 aliphatic carbocycles. The van der Waals surface area contributed by atoms with E-state index in [1.807, 2.05) is 0 Å². The molecule has 0 aliphatic heterocycles. The number of rotatable bonds is 10. The first-order chi connectivity index (χ1) is 7.74. The predicted octanol–water partition coefficient (Wildman–Crippen LogP) is 2.84. The zero-order valence-corrected chi connectivity index (χ0v) is 11.1. The van der Waals surface area contributed by atoms with Crippen molar-refractivity contribution in [2.75, 3.05) is 26.7 Å². The molecule has 0 radical (unpaired) electrons. The third-order valence-electron chi connectivity index (χ3n) is 2.98. The lowest BCUT2D eigenvalue weighted by Crippen LogP contribution is -2.23. The fourth-order valence-corrected chi connectivity index (χ4v) is 1.78. The Morgan fingerprint density at radius 1 is 1.00 bits per heavy atom. The summed E-state index contributed by atoms with van der Waals surface area (Å²) in [5.74, 6) is -0.0804. The van der Waals surface area contributed by atoms with Crippen LogP contribution in [0.25, 0.3) is 0 Å². The van der Waals surface area contributed by atoms with Gasteiger partial charge in [0.15, 0.2) is 0 Å². The van der Waals surface area contributed by atoms with Crippen LogP contribution in [0.15, 0.2) is 0 Å². The van der Waals surface area contributed by atoms with E-state index in [4.69, 9.17) is 0 Å². The maximum Gasteiger partial charge on any atom is 0.305 e. The van der Waals surface area contributed by atoms with Gasteiger partial charge in [-0.3, -0.25) is 4.79 Å². The second kappa shape index (κ2) is 10.9. The van der Waals surface area contributed by atoms with Gasteiger partial charge in [0.2, 0.25) is 0 Å². The first kappa shape index (κ1) is 15.4. The minimum absolute atomic E-state index is 0.0804. The average Bonchev–Trinajstić information content (AvgIpc) is 2.32. The number of unbranched alkanes of at least 4 members (excludes halogenated alkanes) is 4. The lowest BCUT2D eigenvalue weighted by molar-refractivity contribution is -0.140. The van der Waals surface area contributed by atoms with Gasteiger partial charge in [0.1, 0.15) is 0 Å². The summed E-state index contributed by atoms with van der Waals surface area (Å²) in [5.41, 5.74) is 0. The van der Waals surface area contributed by atoms with Crippen molar-refractivity contribution in [1.82, 2.24) is 4.90 Å². The summed E-state index contributed by atoms with van der Waals surface area (Å²) < 4.78 is 4.59. The van der Waals surface area contributed by atoms with Gasteiger partial charge in [-0.2, -0.15) is 0 Å². The minimum atomic E-state index is -0.0804. The van der Waals surface area contributed by atoms with Crippen molar-refractivity contribution in [2.45, 2.75) is 52.4 Å². The smallest absolute Gasteiger partial charge is 0.305 e. The van der Waals surface area contributed by atoms with Gasteiger partial charge < -0.3 is 9.64 Å². The van der Waals surface area contributed by atoms with Gasteiger partial charge in [0.25, 0.3) is 0 Å². The topological polar surface area (TPSA) is 29.5 Å². The second-order valence-electron chi connectivity index (χ2n) is 4.12. The molecule has 0 bridgehead atoms. The van der Waals surface area contributed by atoms with Gasteiger partial charge >= 0.3 is 5.97 Å². The van der Waals surface area contributed by atoms with E-state index in [0.29, 0.717) is 6.42 Å². The molecule has 16 heavy (non-hydrogen) atoms. The first-order valence-corrected chi connectivity index (χ1v) is 6.53.